The van der Waals surface area contributed by atoms with E-state index in [9.17, 15) is 29.4 Å². The Bertz CT molecular complexity index is 2190. The summed E-state index contributed by atoms with van der Waals surface area (Å²) in [5, 5.41) is 31.2. The van der Waals surface area contributed by atoms with Gasteiger partial charge in [-0.25, -0.2) is 0 Å². The number of amides is 4. The Balaban J connectivity index is 1.19. The molecule has 3 heterocycles. The number of phenols is 2. The molecule has 0 radical (unpaired) electrons. The third kappa shape index (κ3) is 8.13. The average Bonchev–Trinajstić information content (AvgIpc) is 3.14. The van der Waals surface area contributed by atoms with E-state index >= 15 is 0 Å². The first-order valence-corrected chi connectivity index (χ1v) is 17.8. The number of rotatable bonds is 9. The molecule has 3 aliphatic rings. The molecule has 6 atom stereocenters. The van der Waals surface area contributed by atoms with Crippen LogP contribution < -0.4 is 49.7 Å². The summed E-state index contributed by atoms with van der Waals surface area (Å²) >= 11 is 0. The summed E-state index contributed by atoms with van der Waals surface area (Å²) in [7, 11) is 0. The van der Waals surface area contributed by atoms with Gasteiger partial charge in [-0.3, -0.25) is 19.2 Å². The summed E-state index contributed by atoms with van der Waals surface area (Å²) in [6.07, 6.45) is -4.96. The quantitative estimate of drug-likeness (QED) is 0.135. The molecule has 292 valence electrons. The molecular weight excluding hydrogens is 728 g/mol. The smallest absolute Gasteiger partial charge is 0.219 e. The van der Waals surface area contributed by atoms with Crippen molar-refractivity contribution < 1.29 is 57.8 Å². The molecule has 3 aliphatic heterocycles. The number of ether oxygens (including phenoxy) is 6. The van der Waals surface area contributed by atoms with E-state index in [4.69, 9.17) is 28.4 Å². The normalized spacial score (nSPS) is 21.6. The van der Waals surface area contributed by atoms with Crippen LogP contribution in [0, 0.1) is 0 Å². The summed E-state index contributed by atoms with van der Waals surface area (Å²) < 4.78 is 38.0. The van der Waals surface area contributed by atoms with Gasteiger partial charge < -0.3 is 59.9 Å². The maximum Gasteiger partial charge on any atom is 0.219 e. The predicted octanol–water partition coefficient (Wildman–Crippen LogP) is 3.70. The maximum absolute atomic E-state index is 12.4. The van der Waals surface area contributed by atoms with Crippen LogP contribution in [0.4, 0.5) is 0 Å². The van der Waals surface area contributed by atoms with E-state index in [1.165, 1.54) is 45.9 Å². The van der Waals surface area contributed by atoms with E-state index in [1.54, 1.807) is 42.5 Å². The lowest BCUT2D eigenvalue weighted by Gasteiger charge is -2.37. The maximum atomic E-state index is 12.4. The first kappa shape index (κ1) is 37.5. The molecule has 4 aromatic rings. The lowest BCUT2D eigenvalue weighted by Crippen LogP contribution is -2.47. The molecule has 6 N–H and O–H groups in total. The lowest BCUT2D eigenvalue weighted by molar-refractivity contribution is -0.125. The van der Waals surface area contributed by atoms with E-state index in [2.05, 4.69) is 21.3 Å². The summed E-state index contributed by atoms with van der Waals surface area (Å²) in [5.41, 5.74) is 2.44. The molecule has 7 rings (SSSR count). The molecular formula is C40H40N4O12. The zero-order valence-corrected chi connectivity index (χ0v) is 30.8. The van der Waals surface area contributed by atoms with Gasteiger partial charge in [0, 0.05) is 50.9 Å². The fourth-order valence-electron chi connectivity index (χ4n) is 6.62. The fourth-order valence-corrected chi connectivity index (χ4v) is 6.62. The monoisotopic (exact) mass is 768 g/mol. The number of hydrogen-bond acceptors (Lipinski definition) is 12. The highest BCUT2D eigenvalue weighted by molar-refractivity contribution is 5.74. The van der Waals surface area contributed by atoms with Gasteiger partial charge in [-0.15, -0.1) is 0 Å². The molecule has 4 aromatic carbocycles. The third-order valence-electron chi connectivity index (χ3n) is 9.10. The fraction of sp³-hybridized carbons (Fsp3) is 0.300. The van der Waals surface area contributed by atoms with Crippen molar-refractivity contribution in [3.05, 3.63) is 95.1 Å². The van der Waals surface area contributed by atoms with E-state index in [0.717, 1.165) is 5.56 Å². The van der Waals surface area contributed by atoms with Crippen LogP contribution >= 0.6 is 0 Å². The van der Waals surface area contributed by atoms with E-state index in [1.807, 2.05) is 12.1 Å². The Hall–Kier alpha value is -6.84. The average molecular weight is 769 g/mol. The van der Waals surface area contributed by atoms with Crippen LogP contribution in [0.5, 0.6) is 46.0 Å². The highest BCUT2D eigenvalue weighted by Crippen LogP contribution is 2.47. The minimum Gasteiger partial charge on any atom is -0.504 e. The number of benzene rings is 4. The van der Waals surface area contributed by atoms with Crippen molar-refractivity contribution in [2.75, 3.05) is 6.54 Å². The molecule has 56 heavy (non-hydrogen) atoms. The Morgan fingerprint density at radius 3 is 1.32 bits per heavy atom. The van der Waals surface area contributed by atoms with Crippen LogP contribution in [0.1, 0.15) is 68.3 Å². The van der Waals surface area contributed by atoms with Gasteiger partial charge in [-0.1, -0.05) is 24.3 Å². The number of carbonyl (C=O) groups is 4. The van der Waals surface area contributed by atoms with Crippen molar-refractivity contribution in [2.24, 2.45) is 0 Å². The molecule has 0 bridgehead atoms. The van der Waals surface area contributed by atoms with Crippen molar-refractivity contribution >= 4 is 23.6 Å². The van der Waals surface area contributed by atoms with Gasteiger partial charge >= 0.3 is 0 Å². The molecule has 6 unspecified atom stereocenters. The van der Waals surface area contributed by atoms with Crippen LogP contribution in [-0.4, -0.2) is 59.1 Å². The number of hydrogen-bond donors (Lipinski definition) is 6. The van der Waals surface area contributed by atoms with Crippen LogP contribution in [0.25, 0.3) is 0 Å². The Morgan fingerprint density at radius 1 is 0.482 bits per heavy atom. The molecule has 4 amide bonds. The Kier molecular flexibility index (Phi) is 10.4. The predicted molar refractivity (Wildman–Crippen MR) is 196 cm³/mol. The largest absolute Gasteiger partial charge is 0.504 e. The van der Waals surface area contributed by atoms with Crippen molar-refractivity contribution in [3.8, 4) is 46.0 Å². The minimum absolute atomic E-state index is 0.128. The highest BCUT2D eigenvalue weighted by atomic mass is 16.6. The van der Waals surface area contributed by atoms with Crippen LogP contribution in [-0.2, 0) is 25.6 Å². The highest BCUT2D eigenvalue weighted by Gasteiger charge is 2.40. The molecule has 16 heteroatoms. The molecule has 0 aromatic heterocycles. The van der Waals surface area contributed by atoms with Gasteiger partial charge in [0.05, 0.1) is 0 Å². The Labute approximate surface area is 321 Å². The SMILES string of the molecule is CC(=O)NCCc1ccc2c(c1)OC(c1ccc3c(c1)OC(c1ccc4c(c1)OC(c1ccc(O)c(O)c1)C(NC(C)=O)O4)C(NC(C)=O)O3)C(NC(C)=O)O2. The standard InChI is InChI=1S/C40H40N4O12/c1-19(45)41-14-13-23-5-10-29-32(15-23)51-36(39(54-29)43-21(3)47)25-7-11-31-34(17-25)53-37(40(56-31)44-22(4)48)26-8-12-30-33(18-26)52-35(38(55-30)42-20(2)46)24-6-9-27(49)28(50)16-24/h5-12,15-18,35-40,49-50H,13-14H2,1-4H3,(H,41,45)(H,42,46)(H,43,47)(H,44,48). The molecule has 0 fully saturated rings. The summed E-state index contributed by atoms with van der Waals surface area (Å²) in [6.45, 7) is 5.96. The van der Waals surface area contributed by atoms with E-state index in [0.29, 0.717) is 58.4 Å². The van der Waals surface area contributed by atoms with Crippen LogP contribution in [0.2, 0.25) is 0 Å². The Morgan fingerprint density at radius 2 is 0.893 bits per heavy atom. The van der Waals surface area contributed by atoms with E-state index in [-0.39, 0.29) is 40.9 Å². The molecule has 16 nitrogen and oxygen atoms in total. The number of aromatic hydroxyl groups is 2. The number of nitrogens with one attached hydrogen (secondary N) is 4. The first-order valence-electron chi connectivity index (χ1n) is 17.8. The minimum atomic E-state index is -0.977. The zero-order valence-electron chi connectivity index (χ0n) is 30.8. The van der Waals surface area contributed by atoms with Gasteiger partial charge in [0.15, 0.2) is 64.3 Å². The zero-order chi connectivity index (χ0) is 39.7. The van der Waals surface area contributed by atoms with Gasteiger partial charge in [0.2, 0.25) is 42.3 Å². The van der Waals surface area contributed by atoms with Crippen molar-refractivity contribution in [1.29, 1.82) is 0 Å². The van der Waals surface area contributed by atoms with Crippen molar-refractivity contribution in [1.82, 2.24) is 21.3 Å². The molecule has 0 spiro atoms. The van der Waals surface area contributed by atoms with Gasteiger partial charge in [-0.05, 0) is 60.5 Å². The second-order valence-corrected chi connectivity index (χ2v) is 13.5. The molecule has 0 aliphatic carbocycles. The number of carbonyl (C=O) groups excluding carboxylic acids is 4. The summed E-state index contributed by atoms with van der Waals surface area (Å²) in [5.74, 6) is 0.200. The van der Waals surface area contributed by atoms with Crippen LogP contribution in [0.15, 0.2) is 72.8 Å². The first-order chi connectivity index (χ1) is 26.8. The van der Waals surface area contributed by atoms with E-state index < -0.39 is 37.0 Å². The molecule has 0 saturated heterocycles. The number of fused-ring (bicyclic) bond motifs is 3. The lowest BCUT2D eigenvalue weighted by atomic mass is 10.0. The molecule has 0 saturated carbocycles. The topological polar surface area (TPSA) is 212 Å². The van der Waals surface area contributed by atoms with Gasteiger partial charge in [-0.2, -0.15) is 0 Å². The van der Waals surface area contributed by atoms with Gasteiger partial charge in [0.1, 0.15) is 0 Å². The third-order valence-corrected chi connectivity index (χ3v) is 9.10. The van der Waals surface area contributed by atoms with Crippen molar-refractivity contribution in [3.63, 3.8) is 0 Å². The van der Waals surface area contributed by atoms with Gasteiger partial charge in [0.25, 0.3) is 0 Å². The summed E-state index contributed by atoms with van der Waals surface area (Å²) in [6, 6.07) is 19.7. The second kappa shape index (κ2) is 15.5. The van der Waals surface area contributed by atoms with Crippen LogP contribution in [0.3, 0.4) is 0 Å². The second-order valence-electron chi connectivity index (χ2n) is 13.5. The number of phenolic OH excluding ortho intramolecular Hbond substituents is 2. The van der Waals surface area contributed by atoms with Crippen molar-refractivity contribution in [2.45, 2.75) is 71.1 Å². The summed E-state index contributed by atoms with van der Waals surface area (Å²) in [4.78, 5) is 48.1.